The lowest BCUT2D eigenvalue weighted by atomic mass is 10.0. The molecule has 1 N–H and O–H groups in total. The molecule has 0 heterocycles. The largest absolute Gasteiger partial charge is 0.389 e. The Hall–Kier alpha value is -0.300. The van der Waals surface area contributed by atoms with Crippen molar-refractivity contribution in [3.63, 3.8) is 0 Å². The Morgan fingerprint density at radius 3 is 2.69 bits per heavy atom. The minimum atomic E-state index is -0.155. The van der Waals surface area contributed by atoms with E-state index in [0.29, 0.717) is 0 Å². The molecule has 1 atom stereocenters. The van der Waals surface area contributed by atoms with Crippen molar-refractivity contribution in [2.45, 2.75) is 83.7 Å². The molecule has 1 aliphatic carbocycles. The lowest BCUT2D eigenvalue weighted by Crippen LogP contribution is -2.00. The van der Waals surface area contributed by atoms with E-state index in [1.807, 2.05) is 0 Å². The van der Waals surface area contributed by atoms with E-state index in [0.717, 1.165) is 6.42 Å². The zero-order valence-corrected chi connectivity index (χ0v) is 10.9. The van der Waals surface area contributed by atoms with Gasteiger partial charge in [0.1, 0.15) is 0 Å². The van der Waals surface area contributed by atoms with Crippen molar-refractivity contribution >= 4 is 0 Å². The SMILES string of the molecule is CCCCCCCCC1=CC(O)CCCC1. The van der Waals surface area contributed by atoms with Gasteiger partial charge in [0.25, 0.3) is 0 Å². The molecule has 0 saturated heterocycles. The normalized spacial score (nSPS) is 21.6. The van der Waals surface area contributed by atoms with Crippen molar-refractivity contribution < 1.29 is 5.11 Å². The molecule has 0 aromatic carbocycles. The fraction of sp³-hybridized carbons (Fsp3) is 0.867. The highest BCUT2D eigenvalue weighted by molar-refractivity contribution is 5.06. The maximum absolute atomic E-state index is 9.66. The number of hydrogen-bond donors (Lipinski definition) is 1. The molecule has 1 nitrogen and oxygen atoms in total. The molecular formula is C15H28O. The van der Waals surface area contributed by atoms with Crippen molar-refractivity contribution in [3.8, 4) is 0 Å². The summed E-state index contributed by atoms with van der Waals surface area (Å²) >= 11 is 0. The quantitative estimate of drug-likeness (QED) is 0.495. The van der Waals surface area contributed by atoms with Crippen LogP contribution < -0.4 is 0 Å². The van der Waals surface area contributed by atoms with E-state index in [-0.39, 0.29) is 6.10 Å². The van der Waals surface area contributed by atoms with E-state index in [9.17, 15) is 5.11 Å². The van der Waals surface area contributed by atoms with Crippen LogP contribution in [0.5, 0.6) is 0 Å². The monoisotopic (exact) mass is 224 g/mol. The van der Waals surface area contributed by atoms with Gasteiger partial charge in [0.05, 0.1) is 6.10 Å². The van der Waals surface area contributed by atoms with Crippen LogP contribution >= 0.6 is 0 Å². The molecule has 1 aliphatic rings. The summed E-state index contributed by atoms with van der Waals surface area (Å²) in [6, 6.07) is 0. The average molecular weight is 224 g/mol. The molecule has 1 heteroatoms. The van der Waals surface area contributed by atoms with Gasteiger partial charge >= 0.3 is 0 Å². The second-order valence-corrected chi connectivity index (χ2v) is 5.16. The van der Waals surface area contributed by atoms with Crippen molar-refractivity contribution in [2.24, 2.45) is 0 Å². The molecular weight excluding hydrogens is 196 g/mol. The van der Waals surface area contributed by atoms with Crippen molar-refractivity contribution in [3.05, 3.63) is 11.6 Å². The third-order valence-electron chi connectivity index (χ3n) is 3.53. The molecule has 0 aromatic heterocycles. The molecule has 94 valence electrons. The summed E-state index contributed by atoms with van der Waals surface area (Å²) in [4.78, 5) is 0. The summed E-state index contributed by atoms with van der Waals surface area (Å²) in [5.74, 6) is 0. The van der Waals surface area contributed by atoms with Crippen LogP contribution in [0.4, 0.5) is 0 Å². The molecule has 1 unspecified atom stereocenters. The predicted molar refractivity (Wildman–Crippen MR) is 70.6 cm³/mol. The van der Waals surface area contributed by atoms with E-state index >= 15 is 0 Å². The first kappa shape index (κ1) is 13.8. The van der Waals surface area contributed by atoms with Crippen LogP contribution in [0.3, 0.4) is 0 Å². The first-order valence-electron chi connectivity index (χ1n) is 7.20. The minimum Gasteiger partial charge on any atom is -0.389 e. The summed E-state index contributed by atoms with van der Waals surface area (Å²) in [5, 5.41) is 9.66. The van der Waals surface area contributed by atoms with E-state index in [1.165, 1.54) is 69.8 Å². The fourth-order valence-electron chi connectivity index (χ4n) is 2.49. The smallest absolute Gasteiger partial charge is 0.0723 e. The van der Waals surface area contributed by atoms with Crippen LogP contribution in [0.15, 0.2) is 11.6 Å². The highest BCUT2D eigenvalue weighted by atomic mass is 16.3. The van der Waals surface area contributed by atoms with Gasteiger partial charge in [-0.15, -0.1) is 0 Å². The van der Waals surface area contributed by atoms with E-state index in [1.54, 1.807) is 0 Å². The number of unbranched alkanes of at least 4 members (excludes halogenated alkanes) is 5. The number of aliphatic hydroxyl groups excluding tert-OH is 1. The van der Waals surface area contributed by atoms with E-state index in [4.69, 9.17) is 0 Å². The second kappa shape index (κ2) is 8.81. The number of aliphatic hydroxyl groups is 1. The Morgan fingerprint density at radius 1 is 1.12 bits per heavy atom. The number of hydrogen-bond acceptors (Lipinski definition) is 1. The van der Waals surface area contributed by atoms with Gasteiger partial charge in [-0.25, -0.2) is 0 Å². The van der Waals surface area contributed by atoms with Gasteiger partial charge in [-0.2, -0.15) is 0 Å². The van der Waals surface area contributed by atoms with Crippen LogP contribution in [-0.4, -0.2) is 11.2 Å². The van der Waals surface area contributed by atoms with Crippen LogP contribution in [0.1, 0.15) is 77.6 Å². The van der Waals surface area contributed by atoms with Crippen LogP contribution in [0.25, 0.3) is 0 Å². The maximum atomic E-state index is 9.66. The highest BCUT2D eigenvalue weighted by Gasteiger charge is 2.08. The van der Waals surface area contributed by atoms with Crippen LogP contribution in [0, 0.1) is 0 Å². The molecule has 0 spiro atoms. The van der Waals surface area contributed by atoms with Gasteiger partial charge in [0.2, 0.25) is 0 Å². The molecule has 0 radical (unpaired) electrons. The van der Waals surface area contributed by atoms with Gasteiger partial charge in [0, 0.05) is 0 Å². The molecule has 0 amide bonds. The topological polar surface area (TPSA) is 20.2 Å². The molecule has 0 aliphatic heterocycles. The maximum Gasteiger partial charge on any atom is 0.0723 e. The first-order chi connectivity index (χ1) is 7.83. The summed E-state index contributed by atoms with van der Waals surface area (Å²) < 4.78 is 0. The Balaban J connectivity index is 2.06. The third kappa shape index (κ3) is 6.32. The molecule has 0 aromatic rings. The lowest BCUT2D eigenvalue weighted by Gasteiger charge is -2.06. The first-order valence-corrected chi connectivity index (χ1v) is 7.20. The fourth-order valence-corrected chi connectivity index (χ4v) is 2.49. The molecule has 0 fully saturated rings. The van der Waals surface area contributed by atoms with Crippen molar-refractivity contribution in [1.29, 1.82) is 0 Å². The Morgan fingerprint density at radius 2 is 1.88 bits per heavy atom. The van der Waals surface area contributed by atoms with Gasteiger partial charge in [-0.3, -0.25) is 0 Å². The Bertz CT molecular complexity index is 196. The van der Waals surface area contributed by atoms with E-state index < -0.39 is 0 Å². The summed E-state index contributed by atoms with van der Waals surface area (Å²) in [5.41, 5.74) is 1.51. The third-order valence-corrected chi connectivity index (χ3v) is 3.53. The zero-order chi connectivity index (χ0) is 11.6. The summed E-state index contributed by atoms with van der Waals surface area (Å²) in [7, 11) is 0. The highest BCUT2D eigenvalue weighted by Crippen LogP contribution is 2.22. The second-order valence-electron chi connectivity index (χ2n) is 5.16. The van der Waals surface area contributed by atoms with Gasteiger partial charge in [0.15, 0.2) is 0 Å². The van der Waals surface area contributed by atoms with Crippen molar-refractivity contribution in [1.82, 2.24) is 0 Å². The Labute approximate surface area is 101 Å². The van der Waals surface area contributed by atoms with Crippen molar-refractivity contribution in [2.75, 3.05) is 0 Å². The molecule has 1 rings (SSSR count). The summed E-state index contributed by atoms with van der Waals surface area (Å²) in [6.45, 7) is 2.26. The van der Waals surface area contributed by atoms with Crippen LogP contribution in [0.2, 0.25) is 0 Å². The standard InChI is InChI=1S/C15H28O/c1-2-3-4-5-6-7-10-14-11-8-9-12-15(16)13-14/h13,15-16H,2-12H2,1H3. The van der Waals surface area contributed by atoms with Gasteiger partial charge < -0.3 is 5.11 Å². The Kier molecular flexibility index (Phi) is 7.58. The van der Waals surface area contributed by atoms with Crippen LogP contribution in [-0.2, 0) is 0 Å². The minimum absolute atomic E-state index is 0.155. The number of allylic oxidation sites excluding steroid dienone is 1. The van der Waals surface area contributed by atoms with Gasteiger partial charge in [-0.1, -0.05) is 57.1 Å². The average Bonchev–Trinajstić information content (AvgIpc) is 2.48. The lowest BCUT2D eigenvalue weighted by molar-refractivity contribution is 0.211. The molecule has 16 heavy (non-hydrogen) atoms. The van der Waals surface area contributed by atoms with E-state index in [2.05, 4.69) is 13.0 Å². The molecule has 0 bridgehead atoms. The van der Waals surface area contributed by atoms with Gasteiger partial charge in [-0.05, 0) is 32.1 Å². The number of rotatable bonds is 7. The summed E-state index contributed by atoms with van der Waals surface area (Å²) in [6.07, 6.45) is 16.1. The predicted octanol–water partition coefficient (Wildman–Crippen LogP) is 4.60. The zero-order valence-electron chi connectivity index (χ0n) is 10.9. The molecule has 0 saturated carbocycles.